The molecule has 3 atom stereocenters. The zero-order chi connectivity index (χ0) is 12.5. The number of rotatable bonds is 6. The van der Waals surface area contributed by atoms with Gasteiger partial charge in [0.2, 0.25) is 0 Å². The first-order valence-corrected chi connectivity index (χ1v) is 8.18. The average Bonchev–Trinajstić information content (AvgIpc) is 3.24. The number of nitrogens with zero attached hydrogens (tertiary/aromatic N) is 1. The van der Waals surface area contributed by atoms with E-state index in [4.69, 9.17) is 0 Å². The number of hydrogen-bond acceptors (Lipinski definition) is 2. The quantitative estimate of drug-likeness (QED) is 0.784. The van der Waals surface area contributed by atoms with Crippen LogP contribution in [0, 0.1) is 17.8 Å². The maximum absolute atomic E-state index is 10.4. The van der Waals surface area contributed by atoms with Crippen molar-refractivity contribution in [2.45, 2.75) is 70.4 Å². The summed E-state index contributed by atoms with van der Waals surface area (Å²) in [5.41, 5.74) is 0. The molecule has 3 saturated carbocycles. The van der Waals surface area contributed by atoms with Gasteiger partial charge in [0.15, 0.2) is 0 Å². The zero-order valence-electron chi connectivity index (χ0n) is 11.9. The molecule has 2 nitrogen and oxygen atoms in total. The number of aliphatic hydroxyl groups is 1. The Balaban J connectivity index is 1.61. The van der Waals surface area contributed by atoms with Crippen LogP contribution in [0.2, 0.25) is 0 Å². The van der Waals surface area contributed by atoms with Crippen LogP contribution in [0.3, 0.4) is 0 Å². The van der Waals surface area contributed by atoms with Gasteiger partial charge in [0.05, 0.1) is 6.10 Å². The minimum atomic E-state index is -0.0506. The lowest BCUT2D eigenvalue weighted by molar-refractivity contribution is -0.00165. The second-order valence-electron chi connectivity index (χ2n) is 7.06. The maximum atomic E-state index is 10.4. The normalized spacial score (nSPS) is 37.2. The van der Waals surface area contributed by atoms with Gasteiger partial charge in [-0.3, -0.25) is 4.90 Å². The van der Waals surface area contributed by atoms with Gasteiger partial charge in [-0.05, 0) is 62.7 Å². The standard InChI is InChI=1S/C16H29NO/c1-2-12-7-8-16(18)15(9-12)17(10-13-3-4-13)11-14-5-6-14/h12-16,18H,2-11H2,1H3. The van der Waals surface area contributed by atoms with Crippen LogP contribution in [-0.2, 0) is 0 Å². The number of hydrogen-bond donors (Lipinski definition) is 1. The Morgan fingerprint density at radius 1 is 0.889 bits per heavy atom. The van der Waals surface area contributed by atoms with E-state index < -0.39 is 0 Å². The predicted molar refractivity (Wildman–Crippen MR) is 74.4 cm³/mol. The molecule has 0 amide bonds. The predicted octanol–water partition coefficient (Wildman–Crippen LogP) is 3.05. The Kier molecular flexibility index (Phi) is 3.95. The fraction of sp³-hybridized carbons (Fsp3) is 1.00. The molecule has 0 aromatic heterocycles. The molecule has 0 saturated heterocycles. The van der Waals surface area contributed by atoms with E-state index in [0.717, 1.165) is 24.2 Å². The minimum Gasteiger partial charge on any atom is -0.391 e. The van der Waals surface area contributed by atoms with Gasteiger partial charge in [0.1, 0.15) is 0 Å². The van der Waals surface area contributed by atoms with Crippen LogP contribution in [-0.4, -0.2) is 35.2 Å². The molecular formula is C16H29NO. The monoisotopic (exact) mass is 251 g/mol. The van der Waals surface area contributed by atoms with Crippen LogP contribution in [0.4, 0.5) is 0 Å². The van der Waals surface area contributed by atoms with Crippen LogP contribution in [0.15, 0.2) is 0 Å². The van der Waals surface area contributed by atoms with Crippen LogP contribution < -0.4 is 0 Å². The molecule has 1 N–H and O–H groups in total. The summed E-state index contributed by atoms with van der Waals surface area (Å²) in [7, 11) is 0. The first-order valence-electron chi connectivity index (χ1n) is 8.18. The van der Waals surface area contributed by atoms with E-state index in [1.54, 1.807) is 0 Å². The second kappa shape index (κ2) is 5.50. The highest BCUT2D eigenvalue weighted by Gasteiger charge is 2.37. The third-order valence-corrected chi connectivity index (χ3v) is 5.32. The lowest BCUT2D eigenvalue weighted by Gasteiger charge is -2.41. The summed E-state index contributed by atoms with van der Waals surface area (Å²) >= 11 is 0. The van der Waals surface area contributed by atoms with Gasteiger partial charge in [-0.1, -0.05) is 13.3 Å². The summed E-state index contributed by atoms with van der Waals surface area (Å²) < 4.78 is 0. The van der Waals surface area contributed by atoms with Gasteiger partial charge in [-0.25, -0.2) is 0 Å². The van der Waals surface area contributed by atoms with Crippen molar-refractivity contribution in [2.24, 2.45) is 17.8 Å². The molecule has 0 radical (unpaired) electrons. The van der Waals surface area contributed by atoms with Gasteiger partial charge in [0, 0.05) is 19.1 Å². The van der Waals surface area contributed by atoms with E-state index in [0.29, 0.717) is 6.04 Å². The SMILES string of the molecule is CCC1CCC(O)C(N(CC2CC2)CC2CC2)C1. The van der Waals surface area contributed by atoms with Crippen molar-refractivity contribution in [3.05, 3.63) is 0 Å². The largest absolute Gasteiger partial charge is 0.391 e. The Morgan fingerprint density at radius 3 is 1.94 bits per heavy atom. The maximum Gasteiger partial charge on any atom is 0.0695 e. The van der Waals surface area contributed by atoms with Crippen molar-refractivity contribution >= 4 is 0 Å². The molecule has 3 aliphatic carbocycles. The molecule has 3 unspecified atom stereocenters. The molecule has 104 valence electrons. The summed E-state index contributed by atoms with van der Waals surface area (Å²) in [6, 6.07) is 0.477. The minimum absolute atomic E-state index is 0.0506. The molecule has 0 aromatic carbocycles. The van der Waals surface area contributed by atoms with E-state index >= 15 is 0 Å². The van der Waals surface area contributed by atoms with Crippen molar-refractivity contribution < 1.29 is 5.11 Å². The first kappa shape index (κ1) is 12.9. The van der Waals surface area contributed by atoms with Crippen molar-refractivity contribution in [3.8, 4) is 0 Å². The third kappa shape index (κ3) is 3.27. The highest BCUT2D eigenvalue weighted by molar-refractivity contribution is 4.91. The Hall–Kier alpha value is -0.0800. The smallest absolute Gasteiger partial charge is 0.0695 e. The van der Waals surface area contributed by atoms with Crippen LogP contribution in [0.5, 0.6) is 0 Å². The highest BCUT2D eigenvalue weighted by atomic mass is 16.3. The molecule has 0 bridgehead atoms. The summed E-state index contributed by atoms with van der Waals surface area (Å²) in [6.07, 6.45) is 10.5. The van der Waals surface area contributed by atoms with Crippen molar-refractivity contribution in [3.63, 3.8) is 0 Å². The Labute approximate surface area is 112 Å². The molecule has 3 rings (SSSR count). The molecule has 0 aliphatic heterocycles. The van der Waals surface area contributed by atoms with E-state index in [1.165, 1.54) is 58.0 Å². The topological polar surface area (TPSA) is 23.5 Å². The molecule has 3 aliphatic rings. The van der Waals surface area contributed by atoms with Gasteiger partial charge < -0.3 is 5.11 Å². The average molecular weight is 251 g/mol. The van der Waals surface area contributed by atoms with E-state index in [2.05, 4.69) is 11.8 Å². The van der Waals surface area contributed by atoms with Crippen molar-refractivity contribution in [1.82, 2.24) is 4.90 Å². The van der Waals surface area contributed by atoms with E-state index in [1.807, 2.05) is 0 Å². The zero-order valence-corrected chi connectivity index (χ0v) is 11.9. The highest BCUT2D eigenvalue weighted by Crippen LogP contribution is 2.38. The fourth-order valence-electron chi connectivity index (χ4n) is 3.59. The summed E-state index contributed by atoms with van der Waals surface area (Å²) in [5.74, 6) is 2.77. The summed E-state index contributed by atoms with van der Waals surface area (Å²) in [4.78, 5) is 2.68. The van der Waals surface area contributed by atoms with Crippen LogP contribution >= 0.6 is 0 Å². The van der Waals surface area contributed by atoms with Crippen LogP contribution in [0.25, 0.3) is 0 Å². The van der Waals surface area contributed by atoms with Gasteiger partial charge in [0.25, 0.3) is 0 Å². The molecule has 3 fully saturated rings. The van der Waals surface area contributed by atoms with E-state index in [9.17, 15) is 5.11 Å². The summed E-state index contributed by atoms with van der Waals surface area (Å²) in [5, 5.41) is 10.4. The fourth-order valence-corrected chi connectivity index (χ4v) is 3.59. The molecule has 18 heavy (non-hydrogen) atoms. The molecule has 0 spiro atoms. The van der Waals surface area contributed by atoms with Gasteiger partial charge >= 0.3 is 0 Å². The number of aliphatic hydroxyl groups excluding tert-OH is 1. The van der Waals surface area contributed by atoms with Crippen molar-refractivity contribution in [2.75, 3.05) is 13.1 Å². The lowest BCUT2D eigenvalue weighted by Crippen LogP contribution is -2.48. The van der Waals surface area contributed by atoms with E-state index in [-0.39, 0.29) is 6.10 Å². The lowest BCUT2D eigenvalue weighted by atomic mass is 9.81. The Bertz CT molecular complexity index is 258. The molecule has 0 aromatic rings. The van der Waals surface area contributed by atoms with Crippen molar-refractivity contribution in [1.29, 1.82) is 0 Å². The Morgan fingerprint density at radius 2 is 1.44 bits per heavy atom. The molecule has 2 heteroatoms. The third-order valence-electron chi connectivity index (χ3n) is 5.32. The second-order valence-corrected chi connectivity index (χ2v) is 7.06. The van der Waals surface area contributed by atoms with Crippen LogP contribution in [0.1, 0.15) is 58.3 Å². The summed E-state index contributed by atoms with van der Waals surface area (Å²) in [6.45, 7) is 4.86. The molecule has 0 heterocycles. The first-order chi connectivity index (χ1) is 8.76. The van der Waals surface area contributed by atoms with Gasteiger partial charge in [-0.15, -0.1) is 0 Å². The van der Waals surface area contributed by atoms with Gasteiger partial charge in [-0.2, -0.15) is 0 Å². The molecular weight excluding hydrogens is 222 g/mol.